The number of benzene rings is 1. The average molecular weight is 391 g/mol. The summed E-state index contributed by atoms with van der Waals surface area (Å²) in [4.78, 5) is 31.4. The van der Waals surface area contributed by atoms with Gasteiger partial charge in [0.25, 0.3) is 5.91 Å². The van der Waals surface area contributed by atoms with Gasteiger partial charge in [0.15, 0.2) is 5.82 Å². The molecule has 2 fully saturated rings. The van der Waals surface area contributed by atoms with Crippen molar-refractivity contribution in [3.63, 3.8) is 0 Å². The predicted molar refractivity (Wildman–Crippen MR) is 105 cm³/mol. The van der Waals surface area contributed by atoms with E-state index in [1.807, 2.05) is 24.3 Å². The van der Waals surface area contributed by atoms with E-state index in [9.17, 15) is 4.79 Å². The zero-order valence-electron chi connectivity index (χ0n) is 15.9. The van der Waals surface area contributed by atoms with Gasteiger partial charge in [0.05, 0.1) is 36.8 Å². The van der Waals surface area contributed by atoms with Gasteiger partial charge >= 0.3 is 0 Å². The van der Waals surface area contributed by atoms with Crippen LogP contribution in [0, 0.1) is 0 Å². The van der Waals surface area contributed by atoms with Crippen LogP contribution in [0.2, 0.25) is 0 Å². The molecule has 1 aliphatic heterocycles. The van der Waals surface area contributed by atoms with Gasteiger partial charge in [-0.2, -0.15) is 15.0 Å². The summed E-state index contributed by atoms with van der Waals surface area (Å²) in [6.45, 7) is 1.96. The smallest absolute Gasteiger partial charge is 0.256 e. The van der Waals surface area contributed by atoms with E-state index in [-0.39, 0.29) is 5.91 Å². The first-order valence-corrected chi connectivity index (χ1v) is 9.78. The van der Waals surface area contributed by atoms with Crippen molar-refractivity contribution in [3.05, 3.63) is 60.3 Å². The molecule has 1 amide bonds. The normalized spacial score (nSPS) is 17.2. The van der Waals surface area contributed by atoms with Gasteiger partial charge in [0.1, 0.15) is 5.82 Å². The molecule has 1 saturated heterocycles. The van der Waals surface area contributed by atoms with Crippen LogP contribution in [-0.4, -0.2) is 62.0 Å². The van der Waals surface area contributed by atoms with Gasteiger partial charge < -0.3 is 4.90 Å². The Morgan fingerprint density at radius 1 is 1.00 bits per heavy atom. The minimum absolute atomic E-state index is 0.0651. The molecular formula is C20H21N7O2. The number of nitrogens with zero attached hydrogens (tertiary/aromatic N) is 7. The van der Waals surface area contributed by atoms with Gasteiger partial charge in [-0.25, -0.2) is 15.0 Å². The SMILES string of the molecule is O=C(c1ccccc1-n1nccn1)N1CCON(c2ccnc(C3CC3)n2)CC1. The second-order valence-electron chi connectivity index (χ2n) is 7.11. The summed E-state index contributed by atoms with van der Waals surface area (Å²) in [5.74, 6) is 2.04. The number of rotatable bonds is 4. The van der Waals surface area contributed by atoms with E-state index in [1.165, 1.54) is 4.80 Å². The summed E-state index contributed by atoms with van der Waals surface area (Å²) in [6.07, 6.45) is 7.27. The molecule has 9 heteroatoms. The van der Waals surface area contributed by atoms with Gasteiger partial charge in [-0.15, -0.1) is 0 Å². The van der Waals surface area contributed by atoms with Crippen molar-refractivity contribution >= 4 is 11.7 Å². The fraction of sp³-hybridized carbons (Fsp3) is 0.350. The first kappa shape index (κ1) is 17.7. The second kappa shape index (κ2) is 7.59. The molecule has 9 nitrogen and oxygen atoms in total. The first-order valence-electron chi connectivity index (χ1n) is 9.78. The summed E-state index contributed by atoms with van der Waals surface area (Å²) in [5.41, 5.74) is 1.23. The maximum atomic E-state index is 13.2. The van der Waals surface area contributed by atoms with Gasteiger partial charge in [-0.05, 0) is 25.0 Å². The lowest BCUT2D eigenvalue weighted by Crippen LogP contribution is -2.36. The van der Waals surface area contributed by atoms with Crippen molar-refractivity contribution in [3.8, 4) is 5.69 Å². The molecule has 1 aliphatic carbocycles. The highest BCUT2D eigenvalue weighted by molar-refractivity contribution is 5.97. The minimum Gasteiger partial charge on any atom is -0.334 e. The Morgan fingerprint density at radius 2 is 1.83 bits per heavy atom. The number of hydrogen-bond acceptors (Lipinski definition) is 7. The highest BCUT2D eigenvalue weighted by atomic mass is 16.7. The maximum absolute atomic E-state index is 13.2. The van der Waals surface area contributed by atoms with Crippen LogP contribution in [0.5, 0.6) is 0 Å². The Morgan fingerprint density at radius 3 is 2.66 bits per heavy atom. The topological polar surface area (TPSA) is 89.3 Å². The Bertz CT molecular complexity index is 1000. The molecule has 0 N–H and O–H groups in total. The lowest BCUT2D eigenvalue weighted by molar-refractivity contribution is 0.0730. The molecule has 148 valence electrons. The molecule has 5 rings (SSSR count). The number of aromatic nitrogens is 5. The van der Waals surface area contributed by atoms with Crippen LogP contribution in [0.3, 0.4) is 0 Å². The Hall–Kier alpha value is -3.33. The van der Waals surface area contributed by atoms with Crippen molar-refractivity contribution < 1.29 is 9.63 Å². The zero-order valence-corrected chi connectivity index (χ0v) is 15.9. The van der Waals surface area contributed by atoms with Crippen LogP contribution in [0.4, 0.5) is 5.82 Å². The van der Waals surface area contributed by atoms with Crippen LogP contribution >= 0.6 is 0 Å². The number of hydroxylamine groups is 1. The van der Waals surface area contributed by atoms with Gasteiger partial charge in [-0.3, -0.25) is 9.63 Å². The molecule has 3 heterocycles. The molecule has 0 bridgehead atoms. The molecular weight excluding hydrogens is 370 g/mol. The van der Waals surface area contributed by atoms with Crippen LogP contribution < -0.4 is 5.06 Å². The monoisotopic (exact) mass is 391 g/mol. The number of anilines is 1. The largest absolute Gasteiger partial charge is 0.334 e. The summed E-state index contributed by atoms with van der Waals surface area (Å²) < 4.78 is 0. The Labute approximate surface area is 167 Å². The van der Waals surface area contributed by atoms with Crippen LogP contribution in [0.1, 0.15) is 34.9 Å². The third-order valence-electron chi connectivity index (χ3n) is 5.09. The van der Waals surface area contributed by atoms with Crippen LogP contribution in [-0.2, 0) is 4.84 Å². The fourth-order valence-corrected chi connectivity index (χ4v) is 3.41. The van der Waals surface area contributed by atoms with Gasteiger partial charge in [0, 0.05) is 31.3 Å². The van der Waals surface area contributed by atoms with Gasteiger partial charge in [0.2, 0.25) is 0 Å². The molecule has 3 aromatic rings. The molecule has 0 unspecified atom stereocenters. The average Bonchev–Trinajstić information content (AvgIpc) is 3.53. The molecule has 2 aromatic heterocycles. The number of para-hydroxylation sites is 1. The van der Waals surface area contributed by atoms with Crippen LogP contribution in [0.15, 0.2) is 48.9 Å². The zero-order chi connectivity index (χ0) is 19.6. The van der Waals surface area contributed by atoms with E-state index >= 15 is 0 Å². The van der Waals surface area contributed by atoms with Crippen molar-refractivity contribution in [1.29, 1.82) is 0 Å². The second-order valence-corrected chi connectivity index (χ2v) is 7.11. The van der Waals surface area contributed by atoms with Crippen molar-refractivity contribution in [2.45, 2.75) is 18.8 Å². The van der Waals surface area contributed by atoms with E-state index in [1.54, 1.807) is 34.6 Å². The Kier molecular flexibility index (Phi) is 4.65. The maximum Gasteiger partial charge on any atom is 0.256 e. The van der Waals surface area contributed by atoms with Crippen LogP contribution in [0.25, 0.3) is 5.69 Å². The van der Waals surface area contributed by atoms with E-state index < -0.39 is 0 Å². The third-order valence-corrected chi connectivity index (χ3v) is 5.09. The molecule has 29 heavy (non-hydrogen) atoms. The highest BCUT2D eigenvalue weighted by Gasteiger charge is 2.28. The van der Waals surface area contributed by atoms with E-state index in [0.29, 0.717) is 43.4 Å². The molecule has 0 spiro atoms. The minimum atomic E-state index is -0.0651. The molecule has 0 atom stereocenters. The third kappa shape index (κ3) is 3.68. The van der Waals surface area contributed by atoms with Crippen molar-refractivity contribution in [2.24, 2.45) is 0 Å². The summed E-state index contributed by atoms with van der Waals surface area (Å²) in [6, 6.07) is 9.21. The summed E-state index contributed by atoms with van der Waals surface area (Å²) >= 11 is 0. The first-order chi connectivity index (χ1) is 14.3. The standard InChI is InChI=1S/C20H21N7O2/c28-20(16-3-1-2-4-17(16)27-22-9-10-23-27)25-11-12-26(29-14-13-25)18-7-8-21-19(24-18)15-5-6-15/h1-4,7-10,15H,5-6,11-14H2. The number of carbonyl (C=O) groups excluding carboxylic acids is 1. The lowest BCUT2D eigenvalue weighted by Gasteiger charge is -2.22. The Balaban J connectivity index is 1.32. The van der Waals surface area contributed by atoms with E-state index in [2.05, 4.69) is 20.2 Å². The molecule has 1 aromatic carbocycles. The number of amides is 1. The molecule has 0 radical (unpaired) electrons. The fourth-order valence-electron chi connectivity index (χ4n) is 3.41. The predicted octanol–water partition coefficient (Wildman–Crippen LogP) is 1.83. The van der Waals surface area contributed by atoms with E-state index in [0.717, 1.165) is 24.5 Å². The molecule has 2 aliphatic rings. The van der Waals surface area contributed by atoms with Crippen molar-refractivity contribution in [1.82, 2.24) is 29.9 Å². The highest BCUT2D eigenvalue weighted by Crippen LogP contribution is 2.38. The number of hydrogen-bond donors (Lipinski definition) is 0. The number of carbonyl (C=O) groups is 1. The lowest BCUT2D eigenvalue weighted by atomic mass is 10.1. The molecule has 1 saturated carbocycles. The van der Waals surface area contributed by atoms with Crippen molar-refractivity contribution in [2.75, 3.05) is 31.3 Å². The van der Waals surface area contributed by atoms with Gasteiger partial charge in [-0.1, -0.05) is 12.1 Å². The quantitative estimate of drug-likeness (QED) is 0.670. The van der Waals surface area contributed by atoms with E-state index in [4.69, 9.17) is 4.84 Å². The summed E-state index contributed by atoms with van der Waals surface area (Å²) in [5, 5.41) is 10.1. The summed E-state index contributed by atoms with van der Waals surface area (Å²) in [7, 11) is 0.